The molecule has 0 aliphatic carbocycles. The van der Waals surface area contributed by atoms with E-state index in [9.17, 15) is 4.79 Å². The van der Waals surface area contributed by atoms with Crippen molar-refractivity contribution in [1.29, 1.82) is 0 Å². The minimum atomic E-state index is -0.424. The van der Waals surface area contributed by atoms with E-state index in [1.54, 1.807) is 19.2 Å². The van der Waals surface area contributed by atoms with E-state index in [4.69, 9.17) is 19.9 Å². The van der Waals surface area contributed by atoms with Gasteiger partial charge in [0.05, 0.1) is 25.4 Å². The van der Waals surface area contributed by atoms with E-state index in [0.29, 0.717) is 31.1 Å². The average Bonchev–Trinajstić information content (AvgIpc) is 2.36. The predicted molar refractivity (Wildman–Crippen MR) is 68.6 cm³/mol. The van der Waals surface area contributed by atoms with Crippen LogP contribution in [0.25, 0.3) is 0 Å². The number of anilines is 1. The highest BCUT2D eigenvalue weighted by Crippen LogP contribution is 2.14. The summed E-state index contributed by atoms with van der Waals surface area (Å²) in [5.74, 6) is -0.424. The summed E-state index contributed by atoms with van der Waals surface area (Å²) >= 11 is 0. The van der Waals surface area contributed by atoms with E-state index in [-0.39, 0.29) is 6.61 Å². The number of methoxy groups -OCH3 is 1. The van der Waals surface area contributed by atoms with Crippen molar-refractivity contribution in [3.8, 4) is 0 Å². The molecule has 0 aliphatic heterocycles. The van der Waals surface area contributed by atoms with Gasteiger partial charge in [-0.1, -0.05) is 11.6 Å². The van der Waals surface area contributed by atoms with Crippen molar-refractivity contribution in [2.45, 2.75) is 6.92 Å². The van der Waals surface area contributed by atoms with E-state index in [0.717, 1.165) is 5.56 Å². The SMILES string of the molecule is COCCOCCOC(=O)c1cc(C)ccc1N. The topological polar surface area (TPSA) is 70.8 Å². The Bertz CT molecular complexity index is 393. The van der Waals surface area contributed by atoms with Crippen LogP contribution in [0.15, 0.2) is 18.2 Å². The van der Waals surface area contributed by atoms with Gasteiger partial charge in [-0.05, 0) is 19.1 Å². The van der Waals surface area contributed by atoms with Crippen molar-refractivity contribution in [2.75, 3.05) is 39.3 Å². The Morgan fingerprint density at radius 3 is 2.67 bits per heavy atom. The summed E-state index contributed by atoms with van der Waals surface area (Å²) in [4.78, 5) is 11.7. The van der Waals surface area contributed by atoms with Gasteiger partial charge in [0.15, 0.2) is 0 Å². The number of carbonyl (C=O) groups is 1. The van der Waals surface area contributed by atoms with Crippen LogP contribution in [0.2, 0.25) is 0 Å². The summed E-state index contributed by atoms with van der Waals surface area (Å²) in [5, 5.41) is 0. The van der Waals surface area contributed by atoms with Gasteiger partial charge in [-0.3, -0.25) is 0 Å². The first-order chi connectivity index (χ1) is 8.65. The summed E-state index contributed by atoms with van der Waals surface area (Å²) in [6.45, 7) is 3.46. The molecule has 2 N–H and O–H groups in total. The first-order valence-electron chi connectivity index (χ1n) is 5.75. The molecule has 0 atom stereocenters. The van der Waals surface area contributed by atoms with Gasteiger partial charge in [0.25, 0.3) is 0 Å². The van der Waals surface area contributed by atoms with Gasteiger partial charge in [-0.25, -0.2) is 4.79 Å². The third-order valence-corrected chi connectivity index (χ3v) is 2.32. The molecule has 18 heavy (non-hydrogen) atoms. The van der Waals surface area contributed by atoms with Crippen molar-refractivity contribution in [1.82, 2.24) is 0 Å². The van der Waals surface area contributed by atoms with E-state index >= 15 is 0 Å². The number of carbonyl (C=O) groups excluding carboxylic acids is 1. The first kappa shape index (κ1) is 14.5. The molecular formula is C13H19NO4. The Morgan fingerprint density at radius 2 is 1.94 bits per heavy atom. The molecule has 5 heteroatoms. The standard InChI is InChI=1S/C13H19NO4/c1-10-3-4-12(14)11(9-10)13(15)18-8-7-17-6-5-16-2/h3-4,9H,5-8,14H2,1-2H3. The number of hydrogen-bond acceptors (Lipinski definition) is 5. The fourth-order valence-electron chi connectivity index (χ4n) is 1.36. The van der Waals surface area contributed by atoms with E-state index < -0.39 is 5.97 Å². The minimum Gasteiger partial charge on any atom is -0.460 e. The minimum absolute atomic E-state index is 0.204. The second kappa shape index (κ2) is 7.68. The lowest BCUT2D eigenvalue weighted by Crippen LogP contribution is -2.14. The summed E-state index contributed by atoms with van der Waals surface area (Å²) in [6, 6.07) is 5.25. The molecule has 0 spiro atoms. The fourth-order valence-corrected chi connectivity index (χ4v) is 1.36. The molecule has 0 radical (unpaired) electrons. The molecule has 0 fully saturated rings. The Kier molecular flexibility index (Phi) is 6.18. The zero-order valence-electron chi connectivity index (χ0n) is 10.8. The highest BCUT2D eigenvalue weighted by molar-refractivity contribution is 5.95. The summed E-state index contributed by atoms with van der Waals surface area (Å²) in [5.41, 5.74) is 7.49. The largest absolute Gasteiger partial charge is 0.460 e. The quantitative estimate of drug-likeness (QED) is 0.452. The third kappa shape index (κ3) is 4.73. The Labute approximate surface area is 107 Å². The fraction of sp³-hybridized carbons (Fsp3) is 0.462. The average molecular weight is 253 g/mol. The van der Waals surface area contributed by atoms with Crippen LogP contribution in [0.3, 0.4) is 0 Å². The third-order valence-electron chi connectivity index (χ3n) is 2.32. The van der Waals surface area contributed by atoms with Crippen LogP contribution in [-0.2, 0) is 14.2 Å². The normalized spacial score (nSPS) is 10.3. The maximum Gasteiger partial charge on any atom is 0.340 e. The molecule has 1 aromatic rings. The number of nitrogens with two attached hydrogens (primary N) is 1. The van der Waals surface area contributed by atoms with Crippen LogP contribution in [0.5, 0.6) is 0 Å². The number of benzene rings is 1. The summed E-state index contributed by atoms with van der Waals surface area (Å²) in [7, 11) is 1.60. The van der Waals surface area contributed by atoms with Gasteiger partial charge in [0.1, 0.15) is 6.61 Å². The molecule has 0 saturated heterocycles. The van der Waals surface area contributed by atoms with Crippen molar-refractivity contribution in [3.05, 3.63) is 29.3 Å². The molecular weight excluding hydrogens is 234 g/mol. The predicted octanol–water partition coefficient (Wildman–Crippen LogP) is 1.40. The molecule has 5 nitrogen and oxygen atoms in total. The van der Waals surface area contributed by atoms with E-state index in [1.165, 1.54) is 0 Å². The van der Waals surface area contributed by atoms with Gasteiger partial charge in [0, 0.05) is 12.8 Å². The first-order valence-corrected chi connectivity index (χ1v) is 5.75. The number of nitrogen functional groups attached to an aromatic ring is 1. The van der Waals surface area contributed by atoms with E-state index in [1.807, 2.05) is 13.0 Å². The lowest BCUT2D eigenvalue weighted by Gasteiger charge is -2.08. The monoisotopic (exact) mass is 253 g/mol. The molecule has 0 aliphatic rings. The highest BCUT2D eigenvalue weighted by Gasteiger charge is 2.10. The van der Waals surface area contributed by atoms with Crippen LogP contribution in [0.1, 0.15) is 15.9 Å². The molecule has 0 heterocycles. The molecule has 0 bridgehead atoms. The number of aryl methyl sites for hydroxylation is 1. The van der Waals surface area contributed by atoms with Crippen molar-refractivity contribution in [3.63, 3.8) is 0 Å². The zero-order chi connectivity index (χ0) is 13.4. The number of esters is 1. The van der Waals surface area contributed by atoms with Gasteiger partial charge >= 0.3 is 5.97 Å². The molecule has 1 rings (SSSR count). The second-order valence-corrected chi connectivity index (χ2v) is 3.83. The molecule has 0 amide bonds. The summed E-state index contributed by atoms with van der Waals surface area (Å²) in [6.07, 6.45) is 0. The Morgan fingerprint density at radius 1 is 1.22 bits per heavy atom. The maximum atomic E-state index is 11.7. The number of rotatable bonds is 7. The van der Waals surface area contributed by atoms with Crippen LogP contribution >= 0.6 is 0 Å². The second-order valence-electron chi connectivity index (χ2n) is 3.83. The molecule has 0 saturated carbocycles. The van der Waals surface area contributed by atoms with Gasteiger partial charge < -0.3 is 19.9 Å². The molecule has 100 valence electrons. The lowest BCUT2D eigenvalue weighted by atomic mass is 10.1. The Hall–Kier alpha value is -1.59. The zero-order valence-corrected chi connectivity index (χ0v) is 10.8. The van der Waals surface area contributed by atoms with Gasteiger partial charge in [-0.2, -0.15) is 0 Å². The smallest absolute Gasteiger partial charge is 0.340 e. The molecule has 1 aromatic carbocycles. The van der Waals surface area contributed by atoms with Crippen LogP contribution in [0, 0.1) is 6.92 Å². The maximum absolute atomic E-state index is 11.7. The molecule has 0 aromatic heterocycles. The van der Waals surface area contributed by atoms with Crippen LogP contribution in [0.4, 0.5) is 5.69 Å². The number of ether oxygens (including phenoxy) is 3. The van der Waals surface area contributed by atoms with Crippen molar-refractivity contribution < 1.29 is 19.0 Å². The van der Waals surface area contributed by atoms with Gasteiger partial charge in [-0.15, -0.1) is 0 Å². The molecule has 0 unspecified atom stereocenters. The number of hydrogen-bond donors (Lipinski definition) is 1. The van der Waals surface area contributed by atoms with Crippen molar-refractivity contribution in [2.24, 2.45) is 0 Å². The summed E-state index contributed by atoms with van der Waals surface area (Å²) < 4.78 is 15.1. The van der Waals surface area contributed by atoms with Crippen LogP contribution < -0.4 is 5.73 Å². The highest BCUT2D eigenvalue weighted by atomic mass is 16.6. The Balaban J connectivity index is 2.34. The van der Waals surface area contributed by atoms with Crippen LogP contribution in [-0.4, -0.2) is 39.5 Å². The van der Waals surface area contributed by atoms with Crippen molar-refractivity contribution >= 4 is 11.7 Å². The van der Waals surface area contributed by atoms with Gasteiger partial charge in [0.2, 0.25) is 0 Å². The lowest BCUT2D eigenvalue weighted by molar-refractivity contribution is 0.0214. The van der Waals surface area contributed by atoms with E-state index in [2.05, 4.69) is 0 Å².